The summed E-state index contributed by atoms with van der Waals surface area (Å²) in [6.07, 6.45) is 1.84. The molecule has 282 valence electrons. The van der Waals surface area contributed by atoms with Crippen molar-refractivity contribution < 1.29 is 4.42 Å². The van der Waals surface area contributed by atoms with Gasteiger partial charge in [0.05, 0.1) is 5.56 Å². The van der Waals surface area contributed by atoms with E-state index in [4.69, 9.17) is 19.4 Å². The van der Waals surface area contributed by atoms with E-state index < -0.39 is 0 Å². The smallest absolute Gasteiger partial charge is 0.168 e. The molecule has 0 spiro atoms. The van der Waals surface area contributed by atoms with Crippen molar-refractivity contribution >= 4 is 43.5 Å². The van der Waals surface area contributed by atoms with Gasteiger partial charge in [-0.2, -0.15) is 0 Å². The molecule has 1 aliphatic rings. The minimum Gasteiger partial charge on any atom is -0.455 e. The van der Waals surface area contributed by atoms with Crippen LogP contribution in [0.15, 0.2) is 199 Å². The van der Waals surface area contributed by atoms with Crippen LogP contribution < -0.4 is 0 Å². The van der Waals surface area contributed by atoms with Crippen LogP contribution in [0.4, 0.5) is 0 Å². The molecule has 2 aromatic heterocycles. The molecule has 2 heterocycles. The highest BCUT2D eigenvalue weighted by atomic mass is 16.3. The number of rotatable bonds is 5. The van der Waals surface area contributed by atoms with E-state index in [1.54, 1.807) is 0 Å². The van der Waals surface area contributed by atoms with Crippen molar-refractivity contribution in [3.8, 4) is 56.4 Å². The van der Waals surface area contributed by atoms with E-state index in [-0.39, 0.29) is 5.92 Å². The largest absolute Gasteiger partial charge is 0.455 e. The number of furan rings is 1. The molecule has 0 saturated carbocycles. The summed E-state index contributed by atoms with van der Waals surface area (Å²) in [5.74, 6) is 1.87. The first-order valence-corrected chi connectivity index (χ1v) is 20.7. The molecule has 0 radical (unpaired) electrons. The number of nitrogens with zero attached hydrogens (tertiary/aromatic N) is 3. The number of hydrogen-bond acceptors (Lipinski definition) is 4. The van der Waals surface area contributed by atoms with Crippen molar-refractivity contribution in [2.75, 3.05) is 0 Å². The molecular formula is C56H37N3O. The second-order valence-corrected chi connectivity index (χ2v) is 15.9. The van der Waals surface area contributed by atoms with E-state index >= 15 is 0 Å². The molecule has 1 aliphatic carbocycles. The SMILES string of the molecule is c1ccc(-c2ccc(-c3nc(-c4ccc5ccccc5c4)nc(-c4c(C5CCc6cc7ccccc7cc6-c6ccccc65)ccc5c4oc4ccccc45)n3)cc2)cc1. The maximum atomic E-state index is 6.92. The lowest BCUT2D eigenvalue weighted by atomic mass is 9.82. The molecule has 0 aliphatic heterocycles. The summed E-state index contributed by atoms with van der Waals surface area (Å²) in [5.41, 5.74) is 13.1. The Hall–Kier alpha value is -7.69. The number of para-hydroxylation sites is 1. The molecule has 11 aromatic rings. The van der Waals surface area contributed by atoms with Gasteiger partial charge < -0.3 is 4.42 Å². The van der Waals surface area contributed by atoms with E-state index in [2.05, 4.69) is 182 Å². The first-order valence-electron chi connectivity index (χ1n) is 20.7. The average Bonchev–Trinajstić information content (AvgIpc) is 3.62. The van der Waals surface area contributed by atoms with Crippen molar-refractivity contribution in [2.24, 2.45) is 0 Å². The zero-order valence-corrected chi connectivity index (χ0v) is 32.7. The number of fused-ring (bicyclic) bond motifs is 8. The predicted octanol–water partition coefficient (Wildman–Crippen LogP) is 14.5. The summed E-state index contributed by atoms with van der Waals surface area (Å²) in [6.45, 7) is 0. The van der Waals surface area contributed by atoms with Gasteiger partial charge in [0, 0.05) is 27.8 Å². The number of aromatic nitrogens is 3. The number of hydrogen-bond donors (Lipinski definition) is 0. The van der Waals surface area contributed by atoms with Crippen LogP contribution in [-0.4, -0.2) is 15.0 Å². The Morgan fingerprint density at radius 2 is 1.02 bits per heavy atom. The highest BCUT2D eigenvalue weighted by Gasteiger charge is 2.30. The van der Waals surface area contributed by atoms with E-state index in [1.807, 2.05) is 12.1 Å². The summed E-state index contributed by atoms with van der Waals surface area (Å²) in [4.78, 5) is 16.1. The van der Waals surface area contributed by atoms with E-state index in [1.165, 1.54) is 38.4 Å². The Kier molecular flexibility index (Phi) is 8.02. The van der Waals surface area contributed by atoms with Gasteiger partial charge >= 0.3 is 0 Å². The third-order valence-electron chi connectivity index (χ3n) is 12.4. The minimum atomic E-state index is 0.0406. The monoisotopic (exact) mass is 767 g/mol. The fourth-order valence-corrected chi connectivity index (χ4v) is 9.41. The quantitative estimate of drug-likeness (QED) is 0.175. The van der Waals surface area contributed by atoms with Gasteiger partial charge in [-0.3, -0.25) is 0 Å². The third kappa shape index (κ3) is 5.79. The Morgan fingerprint density at radius 3 is 1.85 bits per heavy atom. The topological polar surface area (TPSA) is 51.8 Å². The molecule has 9 aromatic carbocycles. The van der Waals surface area contributed by atoms with Crippen molar-refractivity contribution in [1.29, 1.82) is 0 Å². The molecule has 1 atom stereocenters. The Bertz CT molecular complexity index is 3440. The van der Waals surface area contributed by atoms with Gasteiger partial charge in [-0.1, -0.05) is 176 Å². The van der Waals surface area contributed by atoms with Gasteiger partial charge in [0.2, 0.25) is 0 Å². The Balaban J connectivity index is 1.11. The fourth-order valence-electron chi connectivity index (χ4n) is 9.41. The van der Waals surface area contributed by atoms with Gasteiger partial charge in [-0.15, -0.1) is 0 Å². The van der Waals surface area contributed by atoms with Crippen LogP contribution in [0.5, 0.6) is 0 Å². The normalized spacial score (nSPS) is 13.7. The first-order chi connectivity index (χ1) is 29.7. The van der Waals surface area contributed by atoms with Gasteiger partial charge in [-0.05, 0) is 91.5 Å². The van der Waals surface area contributed by atoms with E-state index in [0.717, 1.165) is 73.5 Å². The zero-order valence-electron chi connectivity index (χ0n) is 32.7. The average molecular weight is 768 g/mol. The van der Waals surface area contributed by atoms with E-state index in [0.29, 0.717) is 17.5 Å². The molecule has 0 bridgehead atoms. The van der Waals surface area contributed by atoms with Gasteiger partial charge in [0.1, 0.15) is 11.2 Å². The number of aryl methyl sites for hydroxylation is 1. The zero-order chi connectivity index (χ0) is 39.6. The third-order valence-corrected chi connectivity index (χ3v) is 12.4. The first kappa shape index (κ1) is 34.4. The molecule has 0 amide bonds. The number of benzene rings is 9. The second-order valence-electron chi connectivity index (χ2n) is 15.9. The molecule has 60 heavy (non-hydrogen) atoms. The maximum Gasteiger partial charge on any atom is 0.168 e. The maximum absolute atomic E-state index is 6.92. The van der Waals surface area contributed by atoms with Crippen LogP contribution in [0, 0.1) is 0 Å². The van der Waals surface area contributed by atoms with Crippen LogP contribution in [0.1, 0.15) is 29.0 Å². The molecule has 0 N–H and O–H groups in total. The molecule has 0 fully saturated rings. The summed E-state index contributed by atoms with van der Waals surface area (Å²) < 4.78 is 6.92. The van der Waals surface area contributed by atoms with Crippen LogP contribution >= 0.6 is 0 Å². The molecule has 12 rings (SSSR count). The van der Waals surface area contributed by atoms with Crippen LogP contribution in [0.3, 0.4) is 0 Å². The van der Waals surface area contributed by atoms with Gasteiger partial charge in [0.25, 0.3) is 0 Å². The van der Waals surface area contributed by atoms with Crippen molar-refractivity contribution in [3.05, 3.63) is 211 Å². The summed E-state index contributed by atoms with van der Waals surface area (Å²) in [7, 11) is 0. The van der Waals surface area contributed by atoms with Crippen LogP contribution in [0.2, 0.25) is 0 Å². The highest BCUT2D eigenvalue weighted by Crippen LogP contribution is 2.47. The minimum absolute atomic E-state index is 0.0406. The molecule has 4 nitrogen and oxygen atoms in total. The lowest BCUT2D eigenvalue weighted by Crippen LogP contribution is -2.07. The summed E-state index contributed by atoms with van der Waals surface area (Å²) in [5, 5.41) is 6.94. The summed E-state index contributed by atoms with van der Waals surface area (Å²) >= 11 is 0. The molecular weight excluding hydrogens is 731 g/mol. The molecule has 1 unspecified atom stereocenters. The summed E-state index contributed by atoms with van der Waals surface area (Å²) in [6, 6.07) is 69.1. The van der Waals surface area contributed by atoms with Crippen LogP contribution in [0.25, 0.3) is 99.9 Å². The lowest BCUT2D eigenvalue weighted by Gasteiger charge is -2.22. The predicted molar refractivity (Wildman–Crippen MR) is 246 cm³/mol. The van der Waals surface area contributed by atoms with Gasteiger partial charge in [-0.25, -0.2) is 15.0 Å². The fraction of sp³-hybridized carbons (Fsp3) is 0.0536. The molecule has 0 saturated heterocycles. The second kappa shape index (κ2) is 14.0. The standard InChI is InChI=1S/C56H37N3O/c1-2-12-35(13-3-1)37-22-25-38(26-23-37)54-57-55(43-27-24-36-14-4-5-15-39(36)33-43)59-56(58-54)52-48(30-31-49-47-20-10-11-21-51(47)60-53(49)52)46-29-28-42-32-40-16-6-7-17-41(40)34-50(42)45-19-9-8-18-44(45)46/h1-27,30-34,46H,28-29H2. The van der Waals surface area contributed by atoms with E-state index in [9.17, 15) is 0 Å². The van der Waals surface area contributed by atoms with Crippen molar-refractivity contribution in [3.63, 3.8) is 0 Å². The van der Waals surface area contributed by atoms with Crippen molar-refractivity contribution in [2.45, 2.75) is 18.8 Å². The van der Waals surface area contributed by atoms with Crippen molar-refractivity contribution in [1.82, 2.24) is 15.0 Å². The van der Waals surface area contributed by atoms with Gasteiger partial charge in [0.15, 0.2) is 17.5 Å². The highest BCUT2D eigenvalue weighted by molar-refractivity contribution is 6.10. The van der Waals surface area contributed by atoms with Crippen LogP contribution in [-0.2, 0) is 6.42 Å². The Labute approximate surface area is 347 Å². The lowest BCUT2D eigenvalue weighted by molar-refractivity contribution is 0.666. The molecule has 4 heteroatoms. The Morgan fingerprint density at radius 1 is 0.400 bits per heavy atom.